The Morgan fingerprint density at radius 3 is 2.80 bits per heavy atom. The summed E-state index contributed by atoms with van der Waals surface area (Å²) in [5.74, 6) is -1.06. The van der Waals surface area contributed by atoms with Gasteiger partial charge in [-0.25, -0.2) is 13.8 Å². The summed E-state index contributed by atoms with van der Waals surface area (Å²) in [4.78, 5) is 19.4. The number of nitrogens with zero attached hydrogens (tertiary/aromatic N) is 6. The van der Waals surface area contributed by atoms with Crippen LogP contribution in [0.2, 0.25) is 0 Å². The number of hydrogen-bond donors (Lipinski definition) is 0. The highest BCUT2D eigenvalue weighted by Gasteiger charge is 2.30. The average molecular weight is 643 g/mol. The van der Waals surface area contributed by atoms with Crippen LogP contribution >= 0.6 is 11.3 Å². The molecule has 9 nitrogen and oxygen atoms in total. The van der Waals surface area contributed by atoms with Crippen molar-refractivity contribution < 1.29 is 23.0 Å². The third kappa shape index (κ3) is 5.54. The molecule has 0 spiro atoms. The highest BCUT2D eigenvalue weighted by Crippen LogP contribution is 2.45. The number of methoxy groups -OCH3 is 1. The minimum atomic E-state index is -0.882. The Morgan fingerprint density at radius 2 is 2.04 bits per heavy atom. The number of ether oxygens (including phenoxy) is 2. The van der Waals surface area contributed by atoms with E-state index < -0.39 is 5.83 Å². The quantitative estimate of drug-likeness (QED) is 0.0697. The molecule has 1 aromatic carbocycles. The molecule has 6 rings (SSSR count). The molecule has 5 aromatic rings. The molecule has 1 atom stereocenters. The molecule has 0 saturated heterocycles. The fourth-order valence-electron chi connectivity index (χ4n) is 5.83. The first-order chi connectivity index (χ1) is 22.2. The number of allylic oxidation sites excluding steroid dienone is 3. The van der Waals surface area contributed by atoms with Gasteiger partial charge in [-0.3, -0.25) is 14.2 Å². The van der Waals surface area contributed by atoms with Crippen LogP contribution in [0.3, 0.4) is 0 Å². The molecule has 12 heteroatoms. The van der Waals surface area contributed by atoms with Crippen LogP contribution in [0, 0.1) is 0 Å². The zero-order valence-corrected chi connectivity index (χ0v) is 26.5. The van der Waals surface area contributed by atoms with Crippen molar-refractivity contribution in [2.45, 2.75) is 19.5 Å². The van der Waals surface area contributed by atoms with Gasteiger partial charge in [0.2, 0.25) is 5.91 Å². The number of rotatable bonds is 10. The summed E-state index contributed by atoms with van der Waals surface area (Å²) in [6.07, 6.45) is 3.95. The van der Waals surface area contributed by atoms with E-state index in [0.717, 1.165) is 33.6 Å². The first-order valence-electron chi connectivity index (χ1n) is 14.6. The van der Waals surface area contributed by atoms with Gasteiger partial charge in [0.25, 0.3) is 0 Å². The minimum absolute atomic E-state index is 0.00461. The first-order valence-corrected chi connectivity index (χ1v) is 15.4. The summed E-state index contributed by atoms with van der Waals surface area (Å²) in [5.41, 5.74) is 4.39. The van der Waals surface area contributed by atoms with Crippen LogP contribution in [-0.2, 0) is 27.9 Å². The van der Waals surface area contributed by atoms with Gasteiger partial charge in [0.1, 0.15) is 29.6 Å². The van der Waals surface area contributed by atoms with E-state index in [1.165, 1.54) is 24.5 Å². The molecule has 0 fully saturated rings. The number of amides is 1. The lowest BCUT2D eigenvalue weighted by atomic mass is 9.95. The zero-order chi connectivity index (χ0) is 32.5. The topological polar surface area (TPSA) is 87.3 Å². The highest BCUT2D eigenvalue weighted by molar-refractivity contribution is 7.17. The fraction of sp³-hybridized carbons (Fsp3) is 0.235. The molecule has 236 valence electrons. The number of thiophene rings is 1. The van der Waals surface area contributed by atoms with E-state index in [9.17, 15) is 9.18 Å². The molecule has 1 amide bonds. The van der Waals surface area contributed by atoms with E-state index in [2.05, 4.69) is 18.3 Å². The van der Waals surface area contributed by atoms with Crippen molar-refractivity contribution in [1.29, 1.82) is 0 Å². The lowest BCUT2D eigenvalue weighted by molar-refractivity contribution is -0.127. The van der Waals surface area contributed by atoms with Crippen molar-refractivity contribution in [3.8, 4) is 22.6 Å². The number of benzene rings is 1. The number of carbonyl (C=O) groups excluding carboxylic acids is 1. The van der Waals surface area contributed by atoms with E-state index in [4.69, 9.17) is 19.6 Å². The second-order valence-electron chi connectivity index (χ2n) is 10.9. The molecule has 46 heavy (non-hydrogen) atoms. The fourth-order valence-corrected chi connectivity index (χ4v) is 6.77. The van der Waals surface area contributed by atoms with Crippen LogP contribution < -0.4 is 0 Å². The summed E-state index contributed by atoms with van der Waals surface area (Å²) >= 11 is 1.40. The van der Waals surface area contributed by atoms with Crippen molar-refractivity contribution in [1.82, 2.24) is 29.4 Å². The molecule has 1 aliphatic rings. The second-order valence-corrected chi connectivity index (χ2v) is 11.8. The smallest absolute Gasteiger partial charge is 0.246 e. The number of aryl methyl sites for hydroxylation is 1. The molecule has 4 aromatic heterocycles. The Kier molecular flexibility index (Phi) is 8.65. The zero-order valence-electron chi connectivity index (χ0n) is 25.7. The van der Waals surface area contributed by atoms with Crippen LogP contribution in [0.1, 0.15) is 24.2 Å². The molecule has 1 aliphatic heterocycles. The standard InChI is InChI=1S/C34H32F2N6O3S/c1-6-29(43)41-18-20(2)42-24(19-41)16-27(39-42)33-31(30(26(36)9-11-35)21(3)45-13-12-44-5)34-25(10-14-46-34)32(38-33)22-7-8-28-23(15-22)17-37-40(28)4/h6-11,14-17,20H,1,3,12-13,18-19H2,2,4-5H3/b11-9+,30-26?. The average Bonchev–Trinajstić information content (AvgIpc) is 3.80. The van der Waals surface area contributed by atoms with E-state index in [1.54, 1.807) is 15.8 Å². The Labute approximate surface area is 268 Å². The number of halogens is 2. The van der Waals surface area contributed by atoms with Crippen LogP contribution in [-0.4, -0.2) is 62.2 Å². The first kappa shape index (κ1) is 31.1. The molecular weight excluding hydrogens is 610 g/mol. The monoisotopic (exact) mass is 642 g/mol. The van der Waals surface area contributed by atoms with Crippen LogP contribution in [0.5, 0.6) is 0 Å². The van der Waals surface area contributed by atoms with Gasteiger partial charge in [0, 0.05) is 53.4 Å². The number of aromatic nitrogens is 5. The predicted octanol–water partition coefficient (Wildman–Crippen LogP) is 7.14. The maximum absolute atomic E-state index is 16.0. The summed E-state index contributed by atoms with van der Waals surface area (Å²) in [6.45, 7) is 10.7. The molecule has 1 unspecified atom stereocenters. The third-order valence-corrected chi connectivity index (χ3v) is 8.90. The molecule has 0 bridgehead atoms. The Balaban J connectivity index is 1.63. The van der Waals surface area contributed by atoms with Crippen molar-refractivity contribution in [2.75, 3.05) is 26.9 Å². The Hall–Kier alpha value is -4.94. The number of pyridine rings is 1. The van der Waals surface area contributed by atoms with Crippen molar-refractivity contribution in [3.05, 3.63) is 96.4 Å². The molecule has 0 saturated carbocycles. The number of carbonyl (C=O) groups is 1. The molecule has 0 radical (unpaired) electrons. The summed E-state index contributed by atoms with van der Waals surface area (Å²) in [6, 6.07) is 9.61. The SMILES string of the molecule is C=CC(=O)N1Cc2cc(-c3nc(-c4ccc5c(cnn5C)c4)c4ccsc4c3C(C(=C)OCCOC)=C(F)/C=C/F)nn2C(C)C1. The van der Waals surface area contributed by atoms with Crippen LogP contribution in [0.25, 0.3) is 49.2 Å². The largest absolute Gasteiger partial charge is 0.491 e. The predicted molar refractivity (Wildman–Crippen MR) is 176 cm³/mol. The van der Waals surface area contributed by atoms with E-state index in [-0.39, 0.29) is 42.8 Å². The van der Waals surface area contributed by atoms with E-state index >= 15 is 4.39 Å². The normalized spacial score (nSPS) is 15.4. The van der Waals surface area contributed by atoms with Crippen LogP contribution in [0.4, 0.5) is 8.78 Å². The molecule has 0 aliphatic carbocycles. The van der Waals surface area contributed by atoms with Crippen molar-refractivity contribution in [3.63, 3.8) is 0 Å². The number of fused-ring (bicyclic) bond motifs is 3. The van der Waals surface area contributed by atoms with E-state index in [0.29, 0.717) is 40.4 Å². The van der Waals surface area contributed by atoms with Crippen LogP contribution in [0.15, 0.2) is 85.1 Å². The second kappa shape index (κ2) is 12.8. The third-order valence-electron chi connectivity index (χ3n) is 7.97. The molecular formula is C34H32F2N6O3S. The minimum Gasteiger partial charge on any atom is -0.491 e. The summed E-state index contributed by atoms with van der Waals surface area (Å²) in [5, 5.41) is 12.9. The van der Waals surface area contributed by atoms with Crippen molar-refractivity contribution >= 4 is 43.8 Å². The molecule has 0 N–H and O–H groups in total. The van der Waals surface area contributed by atoms with Gasteiger partial charge < -0.3 is 14.4 Å². The maximum Gasteiger partial charge on any atom is 0.246 e. The van der Waals surface area contributed by atoms with Gasteiger partial charge in [-0.2, -0.15) is 10.2 Å². The molecule has 5 heterocycles. The van der Waals surface area contributed by atoms with Gasteiger partial charge in [0.05, 0.1) is 54.2 Å². The Bertz CT molecular complexity index is 2060. The lowest BCUT2D eigenvalue weighted by Gasteiger charge is -2.31. The van der Waals surface area contributed by atoms with Crippen molar-refractivity contribution in [2.24, 2.45) is 7.05 Å². The Morgan fingerprint density at radius 1 is 1.22 bits per heavy atom. The van der Waals surface area contributed by atoms with Gasteiger partial charge in [0.15, 0.2) is 0 Å². The van der Waals surface area contributed by atoms with Gasteiger partial charge in [-0.05, 0) is 42.6 Å². The summed E-state index contributed by atoms with van der Waals surface area (Å²) in [7, 11) is 3.41. The summed E-state index contributed by atoms with van der Waals surface area (Å²) < 4.78 is 44.8. The van der Waals surface area contributed by atoms with Gasteiger partial charge >= 0.3 is 0 Å². The number of hydrogen-bond acceptors (Lipinski definition) is 7. The highest BCUT2D eigenvalue weighted by atomic mass is 32.1. The van der Waals surface area contributed by atoms with E-state index in [1.807, 2.05) is 54.4 Å². The van der Waals surface area contributed by atoms with Gasteiger partial charge in [-0.15, -0.1) is 11.3 Å². The lowest BCUT2D eigenvalue weighted by Crippen LogP contribution is -2.39. The van der Waals surface area contributed by atoms with Gasteiger partial charge in [-0.1, -0.05) is 19.2 Å². The maximum atomic E-state index is 16.0.